The molecule has 0 saturated carbocycles. The van der Waals surface area contributed by atoms with E-state index in [4.69, 9.17) is 5.11 Å². The Morgan fingerprint density at radius 3 is 2.60 bits per heavy atom. The van der Waals surface area contributed by atoms with Gasteiger partial charge in [-0.05, 0) is 19.4 Å². The van der Waals surface area contributed by atoms with Crippen molar-refractivity contribution in [3.05, 3.63) is 0 Å². The van der Waals surface area contributed by atoms with Crippen LogP contribution in [0.1, 0.15) is 13.8 Å². The van der Waals surface area contributed by atoms with Crippen molar-refractivity contribution < 1.29 is 9.90 Å². The molecule has 1 saturated heterocycles. The fourth-order valence-electron chi connectivity index (χ4n) is 1.23. The molecule has 1 heterocycles. The van der Waals surface area contributed by atoms with Crippen LogP contribution in [0, 0.1) is 11.3 Å². The Morgan fingerprint density at radius 1 is 1.80 bits per heavy atom. The topological polar surface area (TPSA) is 49.3 Å². The van der Waals surface area contributed by atoms with Gasteiger partial charge in [0.15, 0.2) is 0 Å². The average Bonchev–Trinajstić information content (AvgIpc) is 2.15. The lowest BCUT2D eigenvalue weighted by Crippen LogP contribution is -2.34. The first-order valence-corrected chi connectivity index (χ1v) is 3.51. The van der Waals surface area contributed by atoms with Crippen LogP contribution in [0.5, 0.6) is 0 Å². The summed E-state index contributed by atoms with van der Waals surface area (Å²) >= 11 is 0. The molecule has 0 bridgehead atoms. The van der Waals surface area contributed by atoms with Gasteiger partial charge < -0.3 is 10.4 Å². The number of carboxylic acids is 1. The van der Waals surface area contributed by atoms with Crippen molar-refractivity contribution in [1.82, 2.24) is 5.32 Å². The molecular weight excluding hydrogens is 130 g/mol. The fraction of sp³-hybridized carbons (Fsp3) is 0.857. The molecule has 1 aliphatic rings. The fourth-order valence-corrected chi connectivity index (χ4v) is 1.23. The van der Waals surface area contributed by atoms with Gasteiger partial charge in [-0.3, -0.25) is 4.79 Å². The van der Waals surface area contributed by atoms with Crippen LogP contribution < -0.4 is 5.32 Å². The quantitative estimate of drug-likeness (QED) is 0.555. The van der Waals surface area contributed by atoms with Crippen molar-refractivity contribution in [3.8, 4) is 0 Å². The highest BCUT2D eigenvalue weighted by Gasteiger charge is 2.42. The highest BCUT2D eigenvalue weighted by molar-refractivity contribution is 5.75. The third-order valence-electron chi connectivity index (χ3n) is 2.52. The first-order chi connectivity index (χ1) is 4.57. The van der Waals surface area contributed by atoms with E-state index < -0.39 is 11.4 Å². The monoisotopic (exact) mass is 143 g/mol. The summed E-state index contributed by atoms with van der Waals surface area (Å²) in [6.45, 7) is 5.18. The van der Waals surface area contributed by atoms with Crippen molar-refractivity contribution >= 4 is 5.97 Å². The van der Waals surface area contributed by atoms with E-state index in [9.17, 15) is 4.79 Å². The molecule has 1 fully saturated rings. The van der Waals surface area contributed by atoms with Crippen LogP contribution in [0.2, 0.25) is 0 Å². The van der Waals surface area contributed by atoms with Gasteiger partial charge in [-0.2, -0.15) is 0 Å². The van der Waals surface area contributed by atoms with Gasteiger partial charge in [-0.15, -0.1) is 0 Å². The minimum atomic E-state index is -0.690. The Labute approximate surface area is 60.4 Å². The molecule has 58 valence electrons. The Bertz CT molecular complexity index is 158. The average molecular weight is 143 g/mol. The molecule has 3 heteroatoms. The Kier molecular flexibility index (Phi) is 1.68. The zero-order valence-electron chi connectivity index (χ0n) is 6.35. The molecule has 2 N–H and O–H groups in total. The normalized spacial score (nSPS) is 40.0. The molecule has 0 unspecified atom stereocenters. The van der Waals surface area contributed by atoms with Gasteiger partial charge in [-0.25, -0.2) is 0 Å². The highest BCUT2D eigenvalue weighted by atomic mass is 16.4. The van der Waals surface area contributed by atoms with Gasteiger partial charge in [0, 0.05) is 6.54 Å². The molecule has 3 nitrogen and oxygen atoms in total. The van der Waals surface area contributed by atoms with E-state index in [0.29, 0.717) is 6.54 Å². The molecule has 2 atom stereocenters. The predicted molar refractivity (Wildman–Crippen MR) is 37.8 cm³/mol. The van der Waals surface area contributed by atoms with Crippen LogP contribution in [-0.2, 0) is 4.79 Å². The first-order valence-electron chi connectivity index (χ1n) is 3.51. The summed E-state index contributed by atoms with van der Waals surface area (Å²) in [5.41, 5.74) is -0.542. The summed E-state index contributed by atoms with van der Waals surface area (Å²) in [6, 6.07) is 0. The van der Waals surface area contributed by atoms with Gasteiger partial charge in [0.2, 0.25) is 0 Å². The molecule has 0 aromatic heterocycles. The van der Waals surface area contributed by atoms with Crippen LogP contribution in [0.25, 0.3) is 0 Å². The lowest BCUT2D eigenvalue weighted by atomic mass is 9.81. The summed E-state index contributed by atoms with van der Waals surface area (Å²) in [5, 5.41) is 11.9. The van der Waals surface area contributed by atoms with E-state index in [0.717, 1.165) is 6.54 Å². The third kappa shape index (κ3) is 0.904. The van der Waals surface area contributed by atoms with E-state index in [1.54, 1.807) is 6.92 Å². The molecule has 0 radical (unpaired) electrons. The molecule has 0 aromatic carbocycles. The van der Waals surface area contributed by atoms with E-state index >= 15 is 0 Å². The molecule has 0 spiro atoms. The van der Waals surface area contributed by atoms with Crippen LogP contribution in [0.4, 0.5) is 0 Å². The zero-order chi connectivity index (χ0) is 7.78. The lowest BCUT2D eigenvalue weighted by Gasteiger charge is -2.21. The highest BCUT2D eigenvalue weighted by Crippen LogP contribution is 2.30. The maximum Gasteiger partial charge on any atom is 0.310 e. The zero-order valence-corrected chi connectivity index (χ0v) is 6.35. The van der Waals surface area contributed by atoms with Crippen molar-refractivity contribution in [3.63, 3.8) is 0 Å². The number of hydrogen-bond donors (Lipinski definition) is 2. The second-order valence-electron chi connectivity index (χ2n) is 3.25. The molecule has 1 aliphatic heterocycles. The minimum absolute atomic E-state index is 0.241. The summed E-state index contributed by atoms with van der Waals surface area (Å²) < 4.78 is 0. The van der Waals surface area contributed by atoms with Crippen LogP contribution in [0.15, 0.2) is 0 Å². The van der Waals surface area contributed by atoms with Gasteiger partial charge in [-0.1, -0.05) is 6.92 Å². The van der Waals surface area contributed by atoms with Gasteiger partial charge in [0.05, 0.1) is 5.41 Å². The number of hydrogen-bond acceptors (Lipinski definition) is 2. The van der Waals surface area contributed by atoms with Crippen LogP contribution in [0.3, 0.4) is 0 Å². The third-order valence-corrected chi connectivity index (χ3v) is 2.52. The number of aliphatic carboxylic acids is 1. The van der Waals surface area contributed by atoms with Gasteiger partial charge >= 0.3 is 5.97 Å². The van der Waals surface area contributed by atoms with E-state index in [1.807, 2.05) is 6.92 Å². The van der Waals surface area contributed by atoms with Crippen molar-refractivity contribution in [2.45, 2.75) is 13.8 Å². The van der Waals surface area contributed by atoms with E-state index in [-0.39, 0.29) is 5.92 Å². The Hall–Kier alpha value is -0.570. The standard InChI is InChI=1S/C7H13NO2/c1-5-3-8-4-7(5,2)6(9)10/h5,8H,3-4H2,1-2H3,(H,9,10)/t5-,7-/m1/s1. The van der Waals surface area contributed by atoms with E-state index in [2.05, 4.69) is 5.32 Å². The summed E-state index contributed by atoms with van der Waals surface area (Å²) in [4.78, 5) is 10.7. The smallest absolute Gasteiger partial charge is 0.310 e. The van der Waals surface area contributed by atoms with Crippen molar-refractivity contribution in [1.29, 1.82) is 0 Å². The maximum absolute atomic E-state index is 10.7. The number of carboxylic acid groups (broad SMARTS) is 1. The largest absolute Gasteiger partial charge is 0.481 e. The molecule has 0 aromatic rings. The maximum atomic E-state index is 10.7. The minimum Gasteiger partial charge on any atom is -0.481 e. The molecular formula is C7H13NO2. The number of rotatable bonds is 1. The molecule has 10 heavy (non-hydrogen) atoms. The Morgan fingerprint density at radius 2 is 2.40 bits per heavy atom. The van der Waals surface area contributed by atoms with E-state index in [1.165, 1.54) is 0 Å². The van der Waals surface area contributed by atoms with Gasteiger partial charge in [0.1, 0.15) is 0 Å². The number of carbonyl (C=O) groups is 1. The summed E-state index contributed by atoms with van der Waals surface area (Å²) in [7, 11) is 0. The predicted octanol–water partition coefficient (Wildman–Crippen LogP) is 0.317. The lowest BCUT2D eigenvalue weighted by molar-refractivity contribution is -0.148. The molecule has 1 rings (SSSR count). The summed E-state index contributed by atoms with van der Waals surface area (Å²) in [5.74, 6) is -0.449. The number of nitrogens with one attached hydrogen (secondary N) is 1. The van der Waals surface area contributed by atoms with Crippen molar-refractivity contribution in [2.75, 3.05) is 13.1 Å². The summed E-state index contributed by atoms with van der Waals surface area (Å²) in [6.07, 6.45) is 0. The molecule has 0 aliphatic carbocycles. The Balaban J connectivity index is 2.75. The van der Waals surface area contributed by atoms with Gasteiger partial charge in [0.25, 0.3) is 0 Å². The van der Waals surface area contributed by atoms with Crippen molar-refractivity contribution in [2.24, 2.45) is 11.3 Å². The first kappa shape index (κ1) is 7.54. The second-order valence-corrected chi connectivity index (χ2v) is 3.25. The SMILES string of the molecule is C[C@@H]1CNC[C@@]1(C)C(=O)O. The van der Waals surface area contributed by atoms with Crippen LogP contribution in [-0.4, -0.2) is 24.2 Å². The molecule has 0 amide bonds. The van der Waals surface area contributed by atoms with Crippen LogP contribution >= 0.6 is 0 Å². The second kappa shape index (κ2) is 2.23.